The quantitative estimate of drug-likeness (QED) is 0.876. The molecule has 2 N–H and O–H groups in total. The third-order valence-corrected chi connectivity index (χ3v) is 4.56. The maximum atomic E-state index is 13.6. The Hall–Kier alpha value is -2.24. The van der Waals surface area contributed by atoms with Crippen LogP contribution in [-0.2, 0) is 0 Å². The van der Waals surface area contributed by atoms with E-state index in [1.807, 2.05) is 6.07 Å². The minimum atomic E-state index is -1.25. The number of nitrogens with two attached hydrogens (primary N) is 1. The molecule has 2 aromatic rings. The van der Waals surface area contributed by atoms with Gasteiger partial charge in [0.15, 0.2) is 12.0 Å². The van der Waals surface area contributed by atoms with Gasteiger partial charge >= 0.3 is 0 Å². The summed E-state index contributed by atoms with van der Waals surface area (Å²) in [7, 11) is 0. The third-order valence-electron chi connectivity index (χ3n) is 4.56. The predicted octanol–water partition coefficient (Wildman–Crippen LogP) is 3.65. The molecular formula is C18H24FN5. The predicted molar refractivity (Wildman–Crippen MR) is 93.6 cm³/mol. The molecular weight excluding hydrogens is 305 g/mol. The number of aromatic nitrogens is 3. The molecule has 128 valence electrons. The van der Waals surface area contributed by atoms with Crippen LogP contribution in [0.2, 0.25) is 0 Å². The molecule has 0 saturated heterocycles. The number of nitrogen functional groups attached to an aromatic ring is 1. The molecule has 0 radical (unpaired) electrons. The lowest BCUT2D eigenvalue weighted by molar-refractivity contribution is 0.323. The van der Waals surface area contributed by atoms with Gasteiger partial charge in [-0.2, -0.15) is 15.0 Å². The zero-order valence-corrected chi connectivity index (χ0v) is 14.2. The van der Waals surface area contributed by atoms with Gasteiger partial charge in [-0.25, -0.2) is 4.39 Å². The van der Waals surface area contributed by atoms with E-state index in [0.29, 0.717) is 17.9 Å². The lowest BCUT2D eigenvalue weighted by Crippen LogP contribution is -2.45. The summed E-state index contributed by atoms with van der Waals surface area (Å²) in [5.74, 6) is 1.26. The van der Waals surface area contributed by atoms with E-state index < -0.39 is 6.17 Å². The summed E-state index contributed by atoms with van der Waals surface area (Å²) in [5.41, 5.74) is 7.13. The Morgan fingerprint density at radius 3 is 2.54 bits per heavy atom. The van der Waals surface area contributed by atoms with Crippen molar-refractivity contribution >= 4 is 11.9 Å². The van der Waals surface area contributed by atoms with Gasteiger partial charge in [0.25, 0.3) is 0 Å². The maximum absolute atomic E-state index is 13.6. The molecule has 1 atom stereocenters. The zero-order valence-electron chi connectivity index (χ0n) is 14.2. The fraction of sp³-hybridized carbons (Fsp3) is 0.500. The number of hydrogen-bond acceptors (Lipinski definition) is 5. The Bertz CT molecular complexity index is 670. The highest BCUT2D eigenvalue weighted by molar-refractivity contribution is 5.38. The fourth-order valence-electron chi connectivity index (χ4n) is 3.23. The molecule has 1 aromatic heterocycles. The average molecular weight is 329 g/mol. The molecule has 1 aliphatic carbocycles. The van der Waals surface area contributed by atoms with E-state index in [0.717, 1.165) is 25.8 Å². The number of rotatable bonds is 6. The van der Waals surface area contributed by atoms with E-state index in [-0.39, 0.29) is 11.8 Å². The summed E-state index contributed by atoms with van der Waals surface area (Å²) in [4.78, 5) is 14.6. The number of halogens is 1. The molecule has 1 saturated carbocycles. The van der Waals surface area contributed by atoms with Gasteiger partial charge in [0.1, 0.15) is 0 Å². The summed E-state index contributed by atoms with van der Waals surface area (Å²) in [6, 6.07) is 10.9. The molecule has 1 aromatic carbocycles. The summed E-state index contributed by atoms with van der Waals surface area (Å²) in [6.07, 6.45) is 1.82. The second-order valence-electron chi connectivity index (χ2n) is 6.39. The van der Waals surface area contributed by atoms with Crippen molar-refractivity contribution in [3.63, 3.8) is 0 Å². The first-order valence-corrected chi connectivity index (χ1v) is 8.55. The molecule has 24 heavy (non-hydrogen) atoms. The van der Waals surface area contributed by atoms with Gasteiger partial charge in [-0.05, 0) is 37.7 Å². The van der Waals surface area contributed by atoms with Crippen LogP contribution in [0, 0.1) is 0 Å². The SMILES string of the molecule is CCCN(c1nc(N)nc(C(C)F)n1)C1CC(c2ccccc2)C1. The van der Waals surface area contributed by atoms with E-state index in [4.69, 9.17) is 5.73 Å². The average Bonchev–Trinajstić information content (AvgIpc) is 2.53. The second kappa shape index (κ2) is 7.11. The van der Waals surface area contributed by atoms with Crippen LogP contribution in [-0.4, -0.2) is 27.5 Å². The van der Waals surface area contributed by atoms with Gasteiger partial charge in [-0.15, -0.1) is 0 Å². The molecule has 0 spiro atoms. The van der Waals surface area contributed by atoms with Crippen molar-refractivity contribution < 1.29 is 4.39 Å². The monoisotopic (exact) mass is 329 g/mol. The van der Waals surface area contributed by atoms with Crippen LogP contribution in [0.1, 0.15) is 56.6 Å². The van der Waals surface area contributed by atoms with Crippen LogP contribution in [0.4, 0.5) is 16.3 Å². The van der Waals surface area contributed by atoms with E-state index in [1.54, 1.807) is 0 Å². The van der Waals surface area contributed by atoms with Gasteiger partial charge in [-0.1, -0.05) is 37.3 Å². The van der Waals surface area contributed by atoms with Crippen molar-refractivity contribution in [2.75, 3.05) is 17.2 Å². The van der Waals surface area contributed by atoms with Crippen LogP contribution in [0.25, 0.3) is 0 Å². The zero-order chi connectivity index (χ0) is 17.1. The highest BCUT2D eigenvalue weighted by atomic mass is 19.1. The molecule has 1 fully saturated rings. The van der Waals surface area contributed by atoms with Gasteiger partial charge in [0.2, 0.25) is 11.9 Å². The normalized spacial score (nSPS) is 21.1. The molecule has 5 nitrogen and oxygen atoms in total. The minimum absolute atomic E-state index is 0.0829. The van der Waals surface area contributed by atoms with Crippen molar-refractivity contribution in [3.8, 4) is 0 Å². The van der Waals surface area contributed by atoms with Crippen molar-refractivity contribution in [1.82, 2.24) is 15.0 Å². The Balaban J connectivity index is 1.77. The van der Waals surface area contributed by atoms with Crippen molar-refractivity contribution in [1.29, 1.82) is 0 Å². The number of anilines is 2. The van der Waals surface area contributed by atoms with Crippen LogP contribution in [0.3, 0.4) is 0 Å². The Labute approximate surface area is 142 Å². The number of hydrogen-bond donors (Lipinski definition) is 1. The molecule has 0 bridgehead atoms. The molecule has 3 rings (SSSR count). The maximum Gasteiger partial charge on any atom is 0.230 e. The standard InChI is InChI=1S/C18H24FN5/c1-3-9-24(18-22-16(12(2)19)21-17(20)23-18)15-10-14(11-15)13-7-5-4-6-8-13/h4-8,12,14-15H,3,9-11H2,1-2H3,(H2,20,21,22,23). The first-order chi connectivity index (χ1) is 11.6. The third kappa shape index (κ3) is 3.47. The summed E-state index contributed by atoms with van der Waals surface area (Å²) >= 11 is 0. The molecule has 6 heteroatoms. The first-order valence-electron chi connectivity index (χ1n) is 8.55. The highest BCUT2D eigenvalue weighted by Crippen LogP contribution is 2.40. The first kappa shape index (κ1) is 16.6. The number of nitrogens with zero attached hydrogens (tertiary/aromatic N) is 4. The highest BCUT2D eigenvalue weighted by Gasteiger charge is 2.35. The number of benzene rings is 1. The van der Waals surface area contributed by atoms with E-state index in [9.17, 15) is 4.39 Å². The smallest absolute Gasteiger partial charge is 0.230 e. The van der Waals surface area contributed by atoms with Gasteiger partial charge in [-0.3, -0.25) is 0 Å². The Morgan fingerprint density at radius 2 is 1.92 bits per heavy atom. The largest absolute Gasteiger partial charge is 0.368 e. The van der Waals surface area contributed by atoms with E-state index >= 15 is 0 Å². The van der Waals surface area contributed by atoms with Gasteiger partial charge in [0.05, 0.1) is 0 Å². The van der Waals surface area contributed by atoms with Crippen LogP contribution < -0.4 is 10.6 Å². The summed E-state index contributed by atoms with van der Waals surface area (Å²) < 4.78 is 13.6. The Morgan fingerprint density at radius 1 is 1.21 bits per heavy atom. The van der Waals surface area contributed by atoms with Crippen LogP contribution in [0.15, 0.2) is 30.3 Å². The van der Waals surface area contributed by atoms with Crippen molar-refractivity contribution in [2.24, 2.45) is 0 Å². The molecule has 1 aliphatic rings. The molecule has 0 aliphatic heterocycles. The molecule has 1 unspecified atom stereocenters. The van der Waals surface area contributed by atoms with Gasteiger partial charge < -0.3 is 10.6 Å². The lowest BCUT2D eigenvalue weighted by Gasteiger charge is -2.43. The van der Waals surface area contributed by atoms with E-state index in [2.05, 4.69) is 51.0 Å². The van der Waals surface area contributed by atoms with Crippen LogP contribution >= 0.6 is 0 Å². The van der Waals surface area contributed by atoms with Crippen LogP contribution in [0.5, 0.6) is 0 Å². The topological polar surface area (TPSA) is 67.9 Å². The fourth-order valence-corrected chi connectivity index (χ4v) is 3.23. The molecule has 1 heterocycles. The molecule has 0 amide bonds. The second-order valence-corrected chi connectivity index (χ2v) is 6.39. The van der Waals surface area contributed by atoms with Gasteiger partial charge in [0, 0.05) is 12.6 Å². The Kier molecular flexibility index (Phi) is 4.92. The minimum Gasteiger partial charge on any atom is -0.368 e. The number of alkyl halides is 1. The summed E-state index contributed by atoms with van der Waals surface area (Å²) in [5, 5.41) is 0. The lowest BCUT2D eigenvalue weighted by atomic mass is 9.75. The van der Waals surface area contributed by atoms with Crippen molar-refractivity contribution in [3.05, 3.63) is 41.7 Å². The van der Waals surface area contributed by atoms with Crippen molar-refractivity contribution in [2.45, 2.75) is 51.2 Å². The van der Waals surface area contributed by atoms with E-state index in [1.165, 1.54) is 12.5 Å². The summed E-state index contributed by atoms with van der Waals surface area (Å²) in [6.45, 7) is 4.36.